The first-order valence-corrected chi connectivity index (χ1v) is 1.99. The van der Waals surface area contributed by atoms with E-state index in [-0.39, 0.29) is 0 Å². The van der Waals surface area contributed by atoms with Gasteiger partial charge >= 0.3 is 0 Å². The summed E-state index contributed by atoms with van der Waals surface area (Å²) < 4.78 is 0. The van der Waals surface area contributed by atoms with E-state index in [0.717, 1.165) is 5.57 Å². The monoisotopic (exact) mass is 96.1 g/mol. The van der Waals surface area contributed by atoms with Gasteiger partial charge in [0.05, 0.1) is 0 Å². The Morgan fingerprint density at radius 1 is 1.43 bits per heavy atom. The van der Waals surface area contributed by atoms with Crippen LogP contribution in [-0.4, -0.2) is 12.4 Å². The predicted molar refractivity (Wildman–Crippen MR) is 31.3 cm³/mol. The topological polar surface area (TPSA) is 47.7 Å². The number of allylic oxidation sites excluding steroid dienone is 2. The smallest absolute Gasteiger partial charge is 0.0207 e. The van der Waals surface area contributed by atoms with Crippen LogP contribution in [0.5, 0.6) is 0 Å². The highest BCUT2D eigenvalue weighted by atomic mass is 14.3. The molecule has 0 rings (SSSR count). The third kappa shape index (κ3) is 2.89. The normalized spacial score (nSPS) is 10.7. The lowest BCUT2D eigenvalue weighted by Crippen LogP contribution is -1.72. The van der Waals surface area contributed by atoms with Gasteiger partial charge in [0.15, 0.2) is 0 Å². The summed E-state index contributed by atoms with van der Waals surface area (Å²) in [7, 11) is 0. The Kier molecular flexibility index (Phi) is 2.85. The lowest BCUT2D eigenvalue weighted by atomic mass is 10.3. The van der Waals surface area contributed by atoms with Gasteiger partial charge in [0.1, 0.15) is 0 Å². The average Bonchev–Trinajstić information content (AvgIpc) is 1.68. The van der Waals surface area contributed by atoms with Crippen molar-refractivity contribution in [3.05, 3.63) is 11.6 Å². The Morgan fingerprint density at radius 2 is 2.00 bits per heavy atom. The lowest BCUT2D eigenvalue weighted by molar-refractivity contribution is 1.50. The first kappa shape index (κ1) is 6.08. The van der Waals surface area contributed by atoms with Crippen LogP contribution < -0.4 is 0 Å². The van der Waals surface area contributed by atoms with Gasteiger partial charge in [-0.15, -0.1) is 0 Å². The fourth-order valence-electron chi connectivity index (χ4n) is 0.180. The minimum atomic E-state index is 0.801. The van der Waals surface area contributed by atoms with Crippen LogP contribution in [0.1, 0.15) is 6.92 Å². The largest absolute Gasteiger partial charge is 0.309 e. The first-order valence-electron chi connectivity index (χ1n) is 1.99. The minimum Gasteiger partial charge on any atom is -0.309 e. The van der Waals surface area contributed by atoms with Crippen molar-refractivity contribution in [2.75, 3.05) is 0 Å². The summed E-state index contributed by atoms with van der Waals surface area (Å²) in [6.45, 7) is 1.78. The second-order valence-corrected chi connectivity index (χ2v) is 1.22. The molecular weight excluding hydrogens is 88.1 g/mol. The van der Waals surface area contributed by atoms with Crippen LogP contribution >= 0.6 is 0 Å². The molecule has 0 spiro atoms. The predicted octanol–water partition coefficient (Wildman–Crippen LogP) is 1.23. The second-order valence-electron chi connectivity index (χ2n) is 1.22. The van der Waals surface area contributed by atoms with E-state index in [1.807, 2.05) is 0 Å². The summed E-state index contributed by atoms with van der Waals surface area (Å²) in [6.07, 6.45) is 3.94. The number of hydrogen-bond donors (Lipinski definition) is 2. The Balaban J connectivity index is 3.72. The minimum absolute atomic E-state index is 0.801. The summed E-state index contributed by atoms with van der Waals surface area (Å²) in [5.41, 5.74) is 0.801. The zero-order valence-corrected chi connectivity index (χ0v) is 4.23. The molecule has 0 heterocycles. The third-order valence-electron chi connectivity index (χ3n) is 0.574. The molecule has 0 aromatic heterocycles. The number of hydrogen-bond acceptors (Lipinski definition) is 2. The highest BCUT2D eigenvalue weighted by Crippen LogP contribution is 1.79. The zero-order valence-electron chi connectivity index (χ0n) is 4.23. The third-order valence-corrected chi connectivity index (χ3v) is 0.574. The van der Waals surface area contributed by atoms with Crippen molar-refractivity contribution in [1.82, 2.24) is 0 Å². The molecule has 2 N–H and O–H groups in total. The molecule has 7 heavy (non-hydrogen) atoms. The zero-order chi connectivity index (χ0) is 5.70. The molecule has 38 valence electrons. The quantitative estimate of drug-likeness (QED) is 0.486. The van der Waals surface area contributed by atoms with Crippen molar-refractivity contribution in [2.24, 2.45) is 0 Å². The van der Waals surface area contributed by atoms with Crippen LogP contribution in [0.15, 0.2) is 11.6 Å². The maximum atomic E-state index is 6.62. The molecule has 0 saturated carbocycles. The molecule has 0 aliphatic heterocycles. The van der Waals surface area contributed by atoms with Crippen molar-refractivity contribution >= 4 is 12.4 Å². The Labute approximate surface area is 42.9 Å². The van der Waals surface area contributed by atoms with E-state index in [1.54, 1.807) is 13.0 Å². The molecule has 0 saturated heterocycles. The SMILES string of the molecule is C/C(C=N)=C\C=N. The van der Waals surface area contributed by atoms with E-state index in [2.05, 4.69) is 0 Å². The van der Waals surface area contributed by atoms with Crippen LogP contribution in [0.2, 0.25) is 0 Å². The molecule has 2 nitrogen and oxygen atoms in total. The standard InChI is InChI=1S/C5H8N2/c1-5(4-7)2-3-6/h2-4,6-7H,1H3/b5-2+,6-3?,7-4?. The Hall–Kier alpha value is -0.920. The molecular formula is C5H8N2. The molecule has 0 radical (unpaired) electrons. The van der Waals surface area contributed by atoms with Crippen molar-refractivity contribution in [2.45, 2.75) is 6.92 Å². The van der Waals surface area contributed by atoms with Crippen LogP contribution in [0.3, 0.4) is 0 Å². The highest BCUT2D eigenvalue weighted by molar-refractivity contribution is 5.83. The maximum Gasteiger partial charge on any atom is 0.0207 e. The average molecular weight is 96.1 g/mol. The van der Waals surface area contributed by atoms with Crippen molar-refractivity contribution in [1.29, 1.82) is 10.8 Å². The molecule has 2 heteroatoms. The molecule has 0 amide bonds. The van der Waals surface area contributed by atoms with Gasteiger partial charge in [0.2, 0.25) is 0 Å². The highest BCUT2D eigenvalue weighted by Gasteiger charge is 1.71. The molecule has 0 fully saturated rings. The summed E-state index contributed by atoms with van der Waals surface area (Å²) in [5.74, 6) is 0. The van der Waals surface area contributed by atoms with Crippen LogP contribution in [-0.2, 0) is 0 Å². The van der Waals surface area contributed by atoms with Gasteiger partial charge in [-0.25, -0.2) is 0 Å². The summed E-state index contributed by atoms with van der Waals surface area (Å²) in [4.78, 5) is 0. The fraction of sp³-hybridized carbons (Fsp3) is 0.200. The van der Waals surface area contributed by atoms with Crippen LogP contribution in [0.25, 0.3) is 0 Å². The maximum absolute atomic E-state index is 6.62. The van der Waals surface area contributed by atoms with E-state index in [4.69, 9.17) is 10.8 Å². The summed E-state index contributed by atoms with van der Waals surface area (Å²) in [6, 6.07) is 0. The molecule has 0 bridgehead atoms. The van der Waals surface area contributed by atoms with Crippen molar-refractivity contribution < 1.29 is 0 Å². The molecule has 0 aromatic rings. The van der Waals surface area contributed by atoms with Gasteiger partial charge in [0, 0.05) is 12.4 Å². The Morgan fingerprint density at radius 3 is 2.14 bits per heavy atom. The first-order chi connectivity index (χ1) is 3.31. The van der Waals surface area contributed by atoms with Gasteiger partial charge in [-0.1, -0.05) is 0 Å². The van der Waals surface area contributed by atoms with Gasteiger partial charge in [-0.2, -0.15) is 0 Å². The van der Waals surface area contributed by atoms with Gasteiger partial charge in [-0.05, 0) is 18.6 Å². The molecule has 0 unspecified atom stereocenters. The van der Waals surface area contributed by atoms with Gasteiger partial charge in [0.25, 0.3) is 0 Å². The van der Waals surface area contributed by atoms with Crippen molar-refractivity contribution in [3.63, 3.8) is 0 Å². The molecule has 0 atom stereocenters. The number of rotatable bonds is 2. The van der Waals surface area contributed by atoms with E-state index in [0.29, 0.717) is 0 Å². The Bertz CT molecular complexity index is 103. The second kappa shape index (κ2) is 3.28. The van der Waals surface area contributed by atoms with Crippen LogP contribution in [0.4, 0.5) is 0 Å². The molecule has 0 aromatic carbocycles. The summed E-state index contributed by atoms with van der Waals surface area (Å²) >= 11 is 0. The van der Waals surface area contributed by atoms with E-state index in [9.17, 15) is 0 Å². The van der Waals surface area contributed by atoms with Crippen molar-refractivity contribution in [3.8, 4) is 0 Å². The molecule has 0 aliphatic rings. The van der Waals surface area contributed by atoms with Gasteiger partial charge in [-0.3, -0.25) is 0 Å². The molecule has 0 aliphatic carbocycles. The van der Waals surface area contributed by atoms with E-state index in [1.165, 1.54) is 12.4 Å². The number of nitrogens with one attached hydrogen (secondary N) is 2. The van der Waals surface area contributed by atoms with Gasteiger partial charge < -0.3 is 10.8 Å². The van der Waals surface area contributed by atoms with Crippen LogP contribution in [0, 0.1) is 10.8 Å². The van der Waals surface area contributed by atoms with E-state index < -0.39 is 0 Å². The fourth-order valence-corrected chi connectivity index (χ4v) is 0.180. The van der Waals surface area contributed by atoms with E-state index >= 15 is 0 Å². The summed E-state index contributed by atoms with van der Waals surface area (Å²) in [5, 5.41) is 13.1. The lowest BCUT2D eigenvalue weighted by Gasteiger charge is -1.77.